The third kappa shape index (κ3) is 5.76. The summed E-state index contributed by atoms with van der Waals surface area (Å²) in [4.78, 5) is 13.7. The Kier molecular flexibility index (Phi) is 7.23. The molecule has 9 heteroatoms. The predicted octanol–water partition coefficient (Wildman–Crippen LogP) is 2.14. The molecule has 6 nitrogen and oxygen atoms in total. The van der Waals surface area contributed by atoms with Gasteiger partial charge in [0.2, 0.25) is 15.9 Å². The van der Waals surface area contributed by atoms with Crippen molar-refractivity contribution in [1.82, 2.24) is 14.5 Å². The number of nitrogens with zero attached hydrogens (tertiary/aromatic N) is 2. The molecular weight excluding hydrogens is 417 g/mol. The summed E-state index contributed by atoms with van der Waals surface area (Å²) in [6, 6.07) is 12.8. The summed E-state index contributed by atoms with van der Waals surface area (Å²) < 4.78 is 40.4. The third-order valence-corrected chi connectivity index (χ3v) is 6.99. The Bertz CT molecular complexity index is 946. The molecule has 2 aromatic carbocycles. The van der Waals surface area contributed by atoms with Gasteiger partial charge >= 0.3 is 0 Å². The number of amides is 1. The average molecular weight is 440 g/mol. The summed E-state index contributed by atoms with van der Waals surface area (Å²) >= 11 is 5.85. The molecule has 0 saturated carbocycles. The number of hydrogen-bond donors (Lipinski definition) is 1. The van der Waals surface area contributed by atoms with Crippen LogP contribution in [0, 0.1) is 5.82 Å². The fourth-order valence-electron chi connectivity index (χ4n) is 3.18. The van der Waals surface area contributed by atoms with Crippen LogP contribution in [-0.4, -0.2) is 62.8 Å². The highest BCUT2D eigenvalue weighted by atomic mass is 35.5. The lowest BCUT2D eigenvalue weighted by Gasteiger charge is -2.33. The van der Waals surface area contributed by atoms with E-state index in [1.807, 2.05) is 29.2 Å². The number of carbonyl (C=O) groups excluding carboxylic acids is 1. The molecular formula is C20H23ClFN3O3S. The molecule has 0 bridgehead atoms. The molecule has 1 saturated heterocycles. The van der Waals surface area contributed by atoms with Gasteiger partial charge in [0.05, 0.1) is 6.54 Å². The second kappa shape index (κ2) is 9.67. The van der Waals surface area contributed by atoms with Crippen LogP contribution in [0.5, 0.6) is 0 Å². The van der Waals surface area contributed by atoms with Crippen LogP contribution in [0.25, 0.3) is 0 Å². The first kappa shape index (κ1) is 21.7. The van der Waals surface area contributed by atoms with Gasteiger partial charge in [-0.1, -0.05) is 35.9 Å². The van der Waals surface area contributed by atoms with Gasteiger partial charge in [-0.15, -0.1) is 0 Å². The van der Waals surface area contributed by atoms with Crippen LogP contribution >= 0.6 is 11.6 Å². The molecule has 0 aliphatic carbocycles. The third-order valence-electron chi connectivity index (χ3n) is 4.80. The van der Waals surface area contributed by atoms with Gasteiger partial charge in [-0.25, -0.2) is 12.8 Å². The van der Waals surface area contributed by atoms with Crippen molar-refractivity contribution in [2.75, 3.05) is 39.3 Å². The number of rotatable bonds is 7. The molecule has 2 aromatic rings. The lowest BCUT2D eigenvalue weighted by atomic mass is 10.1. The second-order valence-corrected chi connectivity index (χ2v) is 9.18. The van der Waals surface area contributed by atoms with Crippen LogP contribution in [0.1, 0.15) is 5.56 Å². The summed E-state index contributed by atoms with van der Waals surface area (Å²) in [6.07, 6.45) is 0.706. The number of sulfonamides is 1. The first-order valence-corrected chi connectivity index (χ1v) is 11.2. The Balaban J connectivity index is 1.44. The molecule has 1 N–H and O–H groups in total. The Labute approximate surface area is 175 Å². The van der Waals surface area contributed by atoms with E-state index < -0.39 is 15.8 Å². The van der Waals surface area contributed by atoms with Gasteiger partial charge in [0, 0.05) is 37.7 Å². The minimum Gasteiger partial charge on any atom is -0.355 e. The smallest absolute Gasteiger partial charge is 0.246 e. The van der Waals surface area contributed by atoms with Gasteiger partial charge < -0.3 is 5.32 Å². The highest BCUT2D eigenvalue weighted by Gasteiger charge is 2.30. The minimum atomic E-state index is -3.87. The first-order chi connectivity index (χ1) is 13.9. The normalized spacial score (nSPS) is 15.9. The number of halogens is 2. The maximum Gasteiger partial charge on any atom is 0.246 e. The lowest BCUT2D eigenvalue weighted by Crippen LogP contribution is -2.51. The van der Waals surface area contributed by atoms with Crippen molar-refractivity contribution >= 4 is 27.5 Å². The zero-order valence-corrected chi connectivity index (χ0v) is 17.4. The molecule has 1 heterocycles. The van der Waals surface area contributed by atoms with E-state index in [1.54, 1.807) is 0 Å². The Morgan fingerprint density at radius 3 is 2.34 bits per heavy atom. The maximum atomic E-state index is 13.9. The van der Waals surface area contributed by atoms with Gasteiger partial charge in [-0.05, 0) is 36.2 Å². The monoisotopic (exact) mass is 439 g/mol. The van der Waals surface area contributed by atoms with E-state index in [0.29, 0.717) is 31.1 Å². The quantitative estimate of drug-likeness (QED) is 0.717. The maximum absolute atomic E-state index is 13.9. The number of benzene rings is 2. The molecule has 0 atom stereocenters. The summed E-state index contributed by atoms with van der Waals surface area (Å²) in [6.45, 7) is 1.98. The molecule has 156 valence electrons. The number of nitrogens with one attached hydrogen (secondary N) is 1. The van der Waals surface area contributed by atoms with Gasteiger partial charge in [-0.2, -0.15) is 4.31 Å². The van der Waals surface area contributed by atoms with E-state index in [0.717, 1.165) is 11.6 Å². The fraction of sp³-hybridized carbons (Fsp3) is 0.350. The summed E-state index contributed by atoms with van der Waals surface area (Å²) in [5.41, 5.74) is 1.08. The van der Waals surface area contributed by atoms with Crippen molar-refractivity contribution < 1.29 is 17.6 Å². The zero-order valence-electron chi connectivity index (χ0n) is 15.9. The molecule has 1 aliphatic heterocycles. The highest BCUT2D eigenvalue weighted by molar-refractivity contribution is 7.89. The van der Waals surface area contributed by atoms with E-state index in [4.69, 9.17) is 11.6 Å². The van der Waals surface area contributed by atoms with Crippen molar-refractivity contribution in [2.24, 2.45) is 0 Å². The average Bonchev–Trinajstić information content (AvgIpc) is 2.70. The van der Waals surface area contributed by atoms with Gasteiger partial charge in [0.1, 0.15) is 10.7 Å². The van der Waals surface area contributed by atoms with Crippen LogP contribution < -0.4 is 5.32 Å². The molecule has 1 aliphatic rings. The molecule has 1 amide bonds. The summed E-state index contributed by atoms with van der Waals surface area (Å²) in [7, 11) is -3.87. The topological polar surface area (TPSA) is 69.7 Å². The molecule has 0 aromatic heterocycles. The fourth-order valence-corrected chi connectivity index (χ4v) is 4.79. The van der Waals surface area contributed by atoms with Crippen molar-refractivity contribution in [3.8, 4) is 0 Å². The molecule has 0 spiro atoms. The largest absolute Gasteiger partial charge is 0.355 e. The Morgan fingerprint density at radius 2 is 1.69 bits per heavy atom. The van der Waals surface area contributed by atoms with Crippen LogP contribution in [-0.2, 0) is 21.2 Å². The SMILES string of the molecule is O=C(CN1CCN(S(=O)(=O)c2ccccc2F)CC1)NCCc1ccc(Cl)cc1. The van der Waals surface area contributed by atoms with Gasteiger partial charge in [0.25, 0.3) is 0 Å². The van der Waals surface area contributed by atoms with Gasteiger partial charge in [0.15, 0.2) is 0 Å². The van der Waals surface area contributed by atoms with E-state index in [-0.39, 0.29) is 30.4 Å². The minimum absolute atomic E-state index is 0.107. The second-order valence-electron chi connectivity index (χ2n) is 6.84. The summed E-state index contributed by atoms with van der Waals surface area (Å²) in [5, 5.41) is 3.55. The van der Waals surface area contributed by atoms with Crippen LogP contribution in [0.2, 0.25) is 5.02 Å². The van der Waals surface area contributed by atoms with E-state index in [2.05, 4.69) is 5.32 Å². The standard InChI is InChI=1S/C20H23ClFN3O3S/c21-17-7-5-16(6-8-17)9-10-23-20(26)15-24-11-13-25(14-12-24)29(27,28)19-4-2-1-3-18(19)22/h1-8H,9-15H2,(H,23,26). The summed E-state index contributed by atoms with van der Waals surface area (Å²) in [5.74, 6) is -0.862. The van der Waals surface area contributed by atoms with Crippen molar-refractivity contribution in [1.29, 1.82) is 0 Å². The molecule has 0 radical (unpaired) electrons. The Hall–Kier alpha value is -2.00. The van der Waals surface area contributed by atoms with E-state index in [1.165, 1.54) is 22.5 Å². The zero-order chi connectivity index (χ0) is 20.9. The number of piperazine rings is 1. The van der Waals surface area contributed by atoms with E-state index >= 15 is 0 Å². The molecule has 3 rings (SSSR count). The molecule has 0 unspecified atom stereocenters. The van der Waals surface area contributed by atoms with Crippen LogP contribution in [0.4, 0.5) is 4.39 Å². The molecule has 29 heavy (non-hydrogen) atoms. The van der Waals surface area contributed by atoms with Gasteiger partial charge in [-0.3, -0.25) is 9.69 Å². The molecule has 1 fully saturated rings. The lowest BCUT2D eigenvalue weighted by molar-refractivity contribution is -0.122. The number of hydrogen-bond acceptors (Lipinski definition) is 4. The van der Waals surface area contributed by atoms with Crippen LogP contribution in [0.15, 0.2) is 53.4 Å². The van der Waals surface area contributed by atoms with E-state index in [9.17, 15) is 17.6 Å². The predicted molar refractivity (Wildman–Crippen MR) is 110 cm³/mol. The van der Waals surface area contributed by atoms with Crippen molar-refractivity contribution in [3.05, 3.63) is 64.9 Å². The number of carbonyl (C=O) groups is 1. The highest BCUT2D eigenvalue weighted by Crippen LogP contribution is 2.20. The van der Waals surface area contributed by atoms with Crippen LogP contribution in [0.3, 0.4) is 0 Å². The Morgan fingerprint density at radius 1 is 1.03 bits per heavy atom. The van der Waals surface area contributed by atoms with Crippen molar-refractivity contribution in [2.45, 2.75) is 11.3 Å². The van der Waals surface area contributed by atoms with Crippen molar-refractivity contribution in [3.63, 3.8) is 0 Å². The first-order valence-electron chi connectivity index (χ1n) is 9.34.